The van der Waals surface area contributed by atoms with Crippen molar-refractivity contribution in [3.05, 3.63) is 48.2 Å². The molecule has 2 aromatic rings. The molecule has 0 saturated heterocycles. The molecule has 3 heteroatoms. The molecular weight excluding hydrogens is 224 g/mol. The summed E-state index contributed by atoms with van der Waals surface area (Å²) in [5.41, 5.74) is 7.66. The Labute approximate surface area is 108 Å². The molecule has 0 aliphatic carbocycles. The number of benzene rings is 1. The molecule has 0 radical (unpaired) electrons. The second kappa shape index (κ2) is 6.05. The van der Waals surface area contributed by atoms with Gasteiger partial charge in [0.2, 0.25) is 5.88 Å². The minimum absolute atomic E-state index is 0.457. The monoisotopic (exact) mass is 242 g/mol. The van der Waals surface area contributed by atoms with Crippen molar-refractivity contribution in [3.63, 3.8) is 0 Å². The predicted octanol–water partition coefficient (Wildman–Crippen LogP) is 3.80. The molecule has 18 heavy (non-hydrogen) atoms. The van der Waals surface area contributed by atoms with Crippen molar-refractivity contribution in [1.82, 2.24) is 4.98 Å². The van der Waals surface area contributed by atoms with E-state index < -0.39 is 0 Å². The summed E-state index contributed by atoms with van der Waals surface area (Å²) < 4.78 is 5.63. The fourth-order valence-corrected chi connectivity index (χ4v) is 1.71. The zero-order valence-corrected chi connectivity index (χ0v) is 10.6. The van der Waals surface area contributed by atoms with Gasteiger partial charge in [-0.15, -0.1) is 0 Å². The van der Waals surface area contributed by atoms with Gasteiger partial charge in [0.15, 0.2) is 0 Å². The largest absolute Gasteiger partial charge is 0.437 e. The molecule has 0 bridgehead atoms. The fourth-order valence-electron chi connectivity index (χ4n) is 1.71. The summed E-state index contributed by atoms with van der Waals surface area (Å²) in [6, 6.07) is 11.7. The van der Waals surface area contributed by atoms with E-state index in [0.29, 0.717) is 11.6 Å². The predicted molar refractivity (Wildman–Crippen MR) is 73.8 cm³/mol. The smallest absolute Gasteiger partial charge is 0.242 e. The van der Waals surface area contributed by atoms with Crippen LogP contribution in [0.3, 0.4) is 0 Å². The van der Waals surface area contributed by atoms with Crippen LogP contribution in [0.25, 0.3) is 0 Å². The van der Waals surface area contributed by atoms with E-state index in [4.69, 9.17) is 10.5 Å². The Bertz CT molecular complexity index is 494. The van der Waals surface area contributed by atoms with Crippen LogP contribution >= 0.6 is 0 Å². The first-order valence-electron chi connectivity index (χ1n) is 6.27. The molecule has 0 atom stereocenters. The van der Waals surface area contributed by atoms with Crippen molar-refractivity contribution < 1.29 is 4.74 Å². The molecule has 1 heterocycles. The lowest BCUT2D eigenvalue weighted by atomic mass is 10.1. The Kier molecular flexibility index (Phi) is 4.18. The number of nitrogens with zero attached hydrogens (tertiary/aromatic N) is 1. The molecule has 0 aliphatic rings. The molecule has 94 valence electrons. The van der Waals surface area contributed by atoms with Crippen LogP contribution in [0, 0.1) is 0 Å². The second-order valence-corrected chi connectivity index (χ2v) is 4.25. The zero-order chi connectivity index (χ0) is 12.8. The van der Waals surface area contributed by atoms with E-state index in [0.717, 1.165) is 12.2 Å². The lowest BCUT2D eigenvalue weighted by Gasteiger charge is -2.07. The number of aromatic nitrogens is 1. The van der Waals surface area contributed by atoms with E-state index in [2.05, 4.69) is 24.0 Å². The fraction of sp³-hybridized carbons (Fsp3) is 0.267. The molecule has 0 unspecified atom stereocenters. The molecule has 0 saturated carbocycles. The molecule has 1 aromatic carbocycles. The van der Waals surface area contributed by atoms with Gasteiger partial charge in [-0.2, -0.15) is 0 Å². The highest BCUT2D eigenvalue weighted by Crippen LogP contribution is 2.24. The molecule has 2 N–H and O–H groups in total. The number of ether oxygens (including phenoxy) is 1. The number of hydrogen-bond donors (Lipinski definition) is 1. The van der Waals surface area contributed by atoms with Gasteiger partial charge in [0.25, 0.3) is 0 Å². The maximum Gasteiger partial charge on any atom is 0.242 e. The molecule has 0 aliphatic heterocycles. The third-order valence-electron chi connectivity index (χ3n) is 2.76. The van der Waals surface area contributed by atoms with Gasteiger partial charge in [-0.25, -0.2) is 4.98 Å². The van der Waals surface area contributed by atoms with Gasteiger partial charge in [0, 0.05) is 6.20 Å². The number of pyridine rings is 1. The molecule has 3 nitrogen and oxygen atoms in total. The number of hydrogen-bond acceptors (Lipinski definition) is 3. The van der Waals surface area contributed by atoms with Crippen LogP contribution in [0.4, 0.5) is 5.69 Å². The molecule has 1 aromatic heterocycles. The van der Waals surface area contributed by atoms with E-state index in [1.807, 2.05) is 12.1 Å². The van der Waals surface area contributed by atoms with Gasteiger partial charge in [-0.1, -0.05) is 25.5 Å². The van der Waals surface area contributed by atoms with Gasteiger partial charge in [0.05, 0.1) is 5.69 Å². The Balaban J connectivity index is 2.04. The van der Waals surface area contributed by atoms with Crippen molar-refractivity contribution >= 4 is 5.69 Å². The van der Waals surface area contributed by atoms with E-state index in [1.165, 1.54) is 18.4 Å². The zero-order valence-electron chi connectivity index (χ0n) is 10.6. The number of nitrogens with two attached hydrogens (primary N) is 1. The van der Waals surface area contributed by atoms with Gasteiger partial charge >= 0.3 is 0 Å². The van der Waals surface area contributed by atoms with E-state index in [1.54, 1.807) is 18.3 Å². The highest BCUT2D eigenvalue weighted by molar-refractivity contribution is 5.48. The number of aryl methyl sites for hydroxylation is 1. The maximum atomic E-state index is 5.78. The standard InChI is InChI=1S/C15H18N2O/c1-2-3-5-12-7-9-13(10-8-12)18-15-14(16)6-4-11-17-15/h4,6-11H,2-3,5,16H2,1H3. The van der Waals surface area contributed by atoms with Crippen LogP contribution in [0.1, 0.15) is 25.3 Å². The average Bonchev–Trinajstić information content (AvgIpc) is 2.41. The highest BCUT2D eigenvalue weighted by atomic mass is 16.5. The van der Waals surface area contributed by atoms with Crippen LogP contribution in [0.5, 0.6) is 11.6 Å². The van der Waals surface area contributed by atoms with Crippen LogP contribution in [0.15, 0.2) is 42.6 Å². The summed E-state index contributed by atoms with van der Waals surface area (Å²) in [5.74, 6) is 1.22. The van der Waals surface area contributed by atoms with Crippen molar-refractivity contribution in [2.45, 2.75) is 26.2 Å². The minimum atomic E-state index is 0.457. The van der Waals surface area contributed by atoms with Crippen LogP contribution in [-0.4, -0.2) is 4.98 Å². The van der Waals surface area contributed by atoms with Crippen molar-refractivity contribution in [2.24, 2.45) is 0 Å². The van der Waals surface area contributed by atoms with Crippen LogP contribution < -0.4 is 10.5 Å². The number of nitrogen functional groups attached to an aromatic ring is 1. The van der Waals surface area contributed by atoms with E-state index in [9.17, 15) is 0 Å². The lowest BCUT2D eigenvalue weighted by Crippen LogP contribution is -1.94. The van der Waals surface area contributed by atoms with Crippen molar-refractivity contribution in [3.8, 4) is 11.6 Å². The first kappa shape index (κ1) is 12.4. The Morgan fingerprint density at radius 2 is 1.94 bits per heavy atom. The van der Waals surface area contributed by atoms with Crippen LogP contribution in [0.2, 0.25) is 0 Å². The van der Waals surface area contributed by atoms with E-state index >= 15 is 0 Å². The first-order chi connectivity index (χ1) is 8.79. The Hall–Kier alpha value is -2.03. The van der Waals surface area contributed by atoms with Gasteiger partial charge in [0.1, 0.15) is 5.75 Å². The SMILES string of the molecule is CCCCc1ccc(Oc2ncccc2N)cc1. The summed E-state index contributed by atoms with van der Waals surface area (Å²) >= 11 is 0. The second-order valence-electron chi connectivity index (χ2n) is 4.25. The minimum Gasteiger partial charge on any atom is -0.437 e. The third-order valence-corrected chi connectivity index (χ3v) is 2.76. The molecule has 0 fully saturated rings. The lowest BCUT2D eigenvalue weighted by molar-refractivity contribution is 0.465. The Morgan fingerprint density at radius 3 is 2.61 bits per heavy atom. The Morgan fingerprint density at radius 1 is 1.17 bits per heavy atom. The van der Waals surface area contributed by atoms with Crippen molar-refractivity contribution in [2.75, 3.05) is 5.73 Å². The number of rotatable bonds is 5. The van der Waals surface area contributed by atoms with Gasteiger partial charge < -0.3 is 10.5 Å². The maximum absolute atomic E-state index is 5.78. The molecule has 2 rings (SSSR count). The third kappa shape index (κ3) is 3.23. The molecule has 0 amide bonds. The molecular formula is C15H18N2O. The van der Waals surface area contributed by atoms with Gasteiger partial charge in [-0.3, -0.25) is 0 Å². The quantitative estimate of drug-likeness (QED) is 0.867. The summed E-state index contributed by atoms with van der Waals surface area (Å²) in [6.07, 6.45) is 5.21. The topological polar surface area (TPSA) is 48.1 Å². The summed E-state index contributed by atoms with van der Waals surface area (Å²) in [5, 5.41) is 0. The van der Waals surface area contributed by atoms with Gasteiger partial charge in [-0.05, 0) is 42.7 Å². The summed E-state index contributed by atoms with van der Waals surface area (Å²) in [7, 11) is 0. The normalized spacial score (nSPS) is 10.3. The number of anilines is 1. The van der Waals surface area contributed by atoms with E-state index in [-0.39, 0.29) is 0 Å². The summed E-state index contributed by atoms with van der Waals surface area (Å²) in [4.78, 5) is 4.10. The first-order valence-corrected chi connectivity index (χ1v) is 6.27. The number of unbranched alkanes of at least 4 members (excludes halogenated alkanes) is 1. The van der Waals surface area contributed by atoms with Crippen molar-refractivity contribution in [1.29, 1.82) is 0 Å². The highest BCUT2D eigenvalue weighted by Gasteiger charge is 2.02. The summed E-state index contributed by atoms with van der Waals surface area (Å²) in [6.45, 7) is 2.20. The molecule has 0 spiro atoms. The van der Waals surface area contributed by atoms with Crippen LogP contribution in [-0.2, 0) is 6.42 Å². The average molecular weight is 242 g/mol.